The molecule has 0 unspecified atom stereocenters. The van der Waals surface area contributed by atoms with Crippen LogP contribution in [0, 0.1) is 0 Å². The van der Waals surface area contributed by atoms with Gasteiger partial charge in [0.05, 0.1) is 6.54 Å². The van der Waals surface area contributed by atoms with Crippen LogP contribution in [-0.4, -0.2) is 27.7 Å². The average molecular weight is 496 g/mol. The predicted molar refractivity (Wildman–Crippen MR) is 116 cm³/mol. The molecule has 2 aromatic carbocycles. The van der Waals surface area contributed by atoms with Crippen molar-refractivity contribution in [3.8, 4) is 0 Å². The first-order chi connectivity index (χ1) is 16.4. The molecule has 1 aromatic heterocycles. The Bertz CT molecular complexity index is 1350. The van der Waals surface area contributed by atoms with E-state index in [1.165, 1.54) is 12.1 Å². The SMILES string of the molecule is O=c1[nH]c(=O)n(Cc2ccccc2)c2c1C(C(F)(F)F)(C(F)(F)F)N=C(CCc1ccccc1)N2. The molecule has 12 heteroatoms. The minimum Gasteiger partial charge on any atom is -0.330 e. The number of fused-ring (bicyclic) bond motifs is 1. The molecule has 35 heavy (non-hydrogen) atoms. The molecule has 0 radical (unpaired) electrons. The fourth-order valence-corrected chi connectivity index (χ4v) is 3.97. The minimum absolute atomic E-state index is 0.0694. The molecule has 0 atom stereocenters. The topological polar surface area (TPSA) is 79.2 Å². The molecule has 0 aliphatic carbocycles. The second kappa shape index (κ2) is 8.75. The predicted octanol–water partition coefficient (Wildman–Crippen LogP) is 4.36. The van der Waals surface area contributed by atoms with Gasteiger partial charge in [-0.2, -0.15) is 26.3 Å². The largest absolute Gasteiger partial charge is 0.427 e. The molecule has 0 bridgehead atoms. The molecular formula is C23H18F6N4O2. The number of halogens is 6. The molecule has 2 N–H and O–H groups in total. The van der Waals surface area contributed by atoms with Crippen LogP contribution in [0.5, 0.6) is 0 Å². The van der Waals surface area contributed by atoms with Crippen molar-refractivity contribution >= 4 is 11.7 Å². The number of aliphatic imine (C=N–C) groups is 1. The molecule has 0 spiro atoms. The number of aromatic nitrogens is 2. The van der Waals surface area contributed by atoms with E-state index in [-0.39, 0.29) is 19.4 Å². The summed E-state index contributed by atoms with van der Waals surface area (Å²) in [4.78, 5) is 29.8. The fourth-order valence-electron chi connectivity index (χ4n) is 3.97. The molecule has 2 heterocycles. The van der Waals surface area contributed by atoms with Gasteiger partial charge in [-0.25, -0.2) is 9.79 Å². The van der Waals surface area contributed by atoms with E-state index in [4.69, 9.17) is 0 Å². The lowest BCUT2D eigenvalue weighted by Gasteiger charge is -2.38. The Morgan fingerprint density at radius 3 is 1.89 bits per heavy atom. The van der Waals surface area contributed by atoms with Gasteiger partial charge in [-0.05, 0) is 17.5 Å². The van der Waals surface area contributed by atoms with E-state index in [1.807, 2.05) is 0 Å². The van der Waals surface area contributed by atoms with Crippen molar-refractivity contribution in [3.05, 3.63) is 98.2 Å². The Morgan fingerprint density at radius 2 is 1.34 bits per heavy atom. The van der Waals surface area contributed by atoms with Crippen molar-refractivity contribution in [1.29, 1.82) is 0 Å². The maximum Gasteiger partial charge on any atom is 0.427 e. The zero-order valence-corrected chi connectivity index (χ0v) is 17.9. The molecule has 6 nitrogen and oxygen atoms in total. The van der Waals surface area contributed by atoms with Crippen molar-refractivity contribution in [3.63, 3.8) is 0 Å². The van der Waals surface area contributed by atoms with Gasteiger partial charge in [-0.1, -0.05) is 60.7 Å². The first-order valence-corrected chi connectivity index (χ1v) is 10.4. The zero-order valence-electron chi connectivity index (χ0n) is 17.9. The van der Waals surface area contributed by atoms with Gasteiger partial charge in [-0.15, -0.1) is 0 Å². The number of H-pyrrole nitrogens is 1. The highest BCUT2D eigenvalue weighted by molar-refractivity contribution is 5.98. The fraction of sp³-hybridized carbons (Fsp3) is 0.261. The molecule has 1 aliphatic heterocycles. The van der Waals surface area contributed by atoms with Crippen LogP contribution in [0.1, 0.15) is 23.1 Å². The highest BCUT2D eigenvalue weighted by Gasteiger charge is 2.75. The summed E-state index contributed by atoms with van der Waals surface area (Å²) in [5, 5.41) is 2.43. The summed E-state index contributed by atoms with van der Waals surface area (Å²) in [6.07, 6.45) is -12.3. The lowest BCUT2D eigenvalue weighted by atomic mass is 9.87. The number of hydrogen-bond acceptors (Lipinski definition) is 4. The number of alkyl halides is 6. The van der Waals surface area contributed by atoms with E-state index in [0.29, 0.717) is 15.7 Å². The molecule has 1 aliphatic rings. The summed E-state index contributed by atoms with van der Waals surface area (Å²) in [5.74, 6) is -1.54. The normalized spacial score (nSPS) is 15.2. The molecule has 0 saturated carbocycles. The number of benzene rings is 2. The summed E-state index contributed by atoms with van der Waals surface area (Å²) < 4.78 is 86.2. The Morgan fingerprint density at radius 1 is 0.800 bits per heavy atom. The number of amidine groups is 1. The number of hydrogen-bond donors (Lipinski definition) is 2. The van der Waals surface area contributed by atoms with Gasteiger partial charge in [-0.3, -0.25) is 14.3 Å². The van der Waals surface area contributed by atoms with Crippen LogP contribution < -0.4 is 16.6 Å². The third-order valence-electron chi connectivity index (χ3n) is 5.62. The van der Waals surface area contributed by atoms with Gasteiger partial charge in [0.2, 0.25) is 0 Å². The summed E-state index contributed by atoms with van der Waals surface area (Å²) in [6.45, 7) is -0.385. The van der Waals surface area contributed by atoms with Crippen LogP contribution in [0.15, 0.2) is 75.2 Å². The van der Waals surface area contributed by atoms with Gasteiger partial charge < -0.3 is 5.32 Å². The Hall–Kier alpha value is -3.83. The number of nitrogens with zero attached hydrogens (tertiary/aromatic N) is 2. The Balaban J connectivity index is 1.94. The number of rotatable bonds is 5. The van der Waals surface area contributed by atoms with Crippen molar-refractivity contribution < 1.29 is 26.3 Å². The maximum absolute atomic E-state index is 14.3. The number of nitrogens with one attached hydrogen (secondary N) is 2. The van der Waals surface area contributed by atoms with E-state index >= 15 is 0 Å². The third kappa shape index (κ3) is 4.35. The molecule has 0 saturated heterocycles. The van der Waals surface area contributed by atoms with Crippen molar-refractivity contribution in [2.45, 2.75) is 37.3 Å². The van der Waals surface area contributed by atoms with Crippen LogP contribution in [-0.2, 0) is 18.5 Å². The third-order valence-corrected chi connectivity index (χ3v) is 5.62. The Kier molecular flexibility index (Phi) is 6.07. The van der Waals surface area contributed by atoms with Crippen LogP contribution >= 0.6 is 0 Å². The lowest BCUT2D eigenvalue weighted by molar-refractivity contribution is -0.301. The van der Waals surface area contributed by atoms with Gasteiger partial charge in [0.25, 0.3) is 11.1 Å². The van der Waals surface area contributed by atoms with Crippen molar-refractivity contribution in [2.75, 3.05) is 5.32 Å². The molecule has 184 valence electrons. The summed E-state index contributed by atoms with van der Waals surface area (Å²) in [7, 11) is 0. The molecule has 4 rings (SSSR count). The quantitative estimate of drug-likeness (QED) is 0.516. The van der Waals surface area contributed by atoms with E-state index in [2.05, 4.69) is 10.3 Å². The second-order valence-corrected chi connectivity index (χ2v) is 7.93. The summed E-state index contributed by atoms with van der Waals surface area (Å²) in [5.41, 5.74) is -8.48. The van der Waals surface area contributed by atoms with Gasteiger partial charge in [0.15, 0.2) is 0 Å². The first-order valence-electron chi connectivity index (χ1n) is 10.4. The van der Waals surface area contributed by atoms with Crippen LogP contribution in [0.3, 0.4) is 0 Å². The van der Waals surface area contributed by atoms with Crippen molar-refractivity contribution in [1.82, 2.24) is 9.55 Å². The van der Waals surface area contributed by atoms with Crippen LogP contribution in [0.4, 0.5) is 32.2 Å². The monoisotopic (exact) mass is 496 g/mol. The van der Waals surface area contributed by atoms with Gasteiger partial charge in [0, 0.05) is 6.42 Å². The molecule has 0 fully saturated rings. The molecular weight excluding hydrogens is 478 g/mol. The highest BCUT2D eigenvalue weighted by atomic mass is 19.4. The first kappa shape index (κ1) is 24.3. The number of aryl methyl sites for hydroxylation is 1. The van der Waals surface area contributed by atoms with Gasteiger partial charge >= 0.3 is 18.0 Å². The van der Waals surface area contributed by atoms with Crippen LogP contribution in [0.2, 0.25) is 0 Å². The van der Waals surface area contributed by atoms with E-state index in [0.717, 1.165) is 0 Å². The highest BCUT2D eigenvalue weighted by Crippen LogP contribution is 2.55. The Labute approximate surface area is 194 Å². The molecule has 3 aromatic rings. The van der Waals surface area contributed by atoms with E-state index < -0.39 is 46.4 Å². The van der Waals surface area contributed by atoms with Crippen molar-refractivity contribution in [2.24, 2.45) is 4.99 Å². The standard InChI is InChI=1S/C23H18F6N4O2/c24-22(25,26)21(23(27,28)29)17-18(30-16(32-21)12-11-14-7-3-1-4-8-14)33(20(35)31-19(17)34)13-15-9-5-2-6-10-15/h1-10H,11-13H2,(H,30,32)(H,31,34,35). The van der Waals surface area contributed by atoms with E-state index in [1.54, 1.807) is 53.5 Å². The lowest BCUT2D eigenvalue weighted by Crippen LogP contribution is -2.59. The second-order valence-electron chi connectivity index (χ2n) is 7.93. The average Bonchev–Trinajstić information content (AvgIpc) is 2.79. The number of anilines is 1. The zero-order chi connectivity index (χ0) is 25.4. The summed E-state index contributed by atoms with van der Waals surface area (Å²) >= 11 is 0. The minimum atomic E-state index is -6.03. The van der Waals surface area contributed by atoms with Crippen LogP contribution in [0.25, 0.3) is 0 Å². The maximum atomic E-state index is 14.3. The van der Waals surface area contributed by atoms with Gasteiger partial charge in [0.1, 0.15) is 17.2 Å². The smallest absolute Gasteiger partial charge is 0.330 e. The van der Waals surface area contributed by atoms with E-state index in [9.17, 15) is 35.9 Å². The summed E-state index contributed by atoms with van der Waals surface area (Å²) in [6, 6.07) is 16.3. The molecule has 0 amide bonds. The number of aromatic amines is 1.